The third-order valence-corrected chi connectivity index (χ3v) is 8.53. The Morgan fingerprint density at radius 2 is 1.77 bits per heavy atom. The molecule has 2 aliphatic rings. The normalized spacial score (nSPS) is 19.8. The molecule has 0 radical (unpaired) electrons. The maximum absolute atomic E-state index is 13.9. The standard InChI is InChI=1S/C32H29F2N3OS/c33-24-9-6-23(7-10-24)28-18-30(28)32(38)37(20-21-3-2-16-35-19-21)26-13-8-22-4-1-5-31(29(22)17-26)36-39-27-14-11-25(34)12-15-27/h2-3,6-17,19,28,30-31,36H,1,4-5,18,20H2. The predicted molar refractivity (Wildman–Crippen MR) is 150 cm³/mol. The maximum Gasteiger partial charge on any atom is 0.231 e. The number of halogens is 2. The Bertz CT molecular complexity index is 1450. The molecule has 3 aromatic carbocycles. The Hall–Kier alpha value is -3.55. The average molecular weight is 542 g/mol. The zero-order valence-corrected chi connectivity index (χ0v) is 22.2. The fourth-order valence-corrected chi connectivity index (χ4v) is 6.23. The van der Waals surface area contributed by atoms with Crippen molar-refractivity contribution >= 4 is 23.5 Å². The predicted octanol–water partition coefficient (Wildman–Crippen LogP) is 7.37. The molecule has 4 aromatic rings. The number of carbonyl (C=O) groups is 1. The first-order valence-corrected chi connectivity index (χ1v) is 14.1. The van der Waals surface area contributed by atoms with Crippen LogP contribution in [0.1, 0.15) is 53.5 Å². The second kappa shape index (κ2) is 11.3. The molecule has 1 aromatic heterocycles. The van der Waals surface area contributed by atoms with Crippen molar-refractivity contribution in [3.05, 3.63) is 125 Å². The van der Waals surface area contributed by atoms with E-state index < -0.39 is 0 Å². The molecule has 6 rings (SSSR count). The number of hydrogen-bond donors (Lipinski definition) is 1. The van der Waals surface area contributed by atoms with E-state index in [0.29, 0.717) is 6.54 Å². The Morgan fingerprint density at radius 1 is 1.00 bits per heavy atom. The number of aryl methyl sites for hydroxylation is 1. The molecule has 2 aliphatic carbocycles. The van der Waals surface area contributed by atoms with Gasteiger partial charge in [-0.2, -0.15) is 0 Å². The highest BCUT2D eigenvalue weighted by Crippen LogP contribution is 2.49. The number of aromatic nitrogens is 1. The van der Waals surface area contributed by atoms with Gasteiger partial charge in [0.15, 0.2) is 0 Å². The van der Waals surface area contributed by atoms with Gasteiger partial charge in [-0.15, -0.1) is 0 Å². The molecule has 3 unspecified atom stereocenters. The lowest BCUT2D eigenvalue weighted by atomic mass is 9.87. The minimum atomic E-state index is -0.268. The summed E-state index contributed by atoms with van der Waals surface area (Å²) < 4.78 is 30.4. The maximum atomic E-state index is 13.9. The van der Waals surface area contributed by atoms with Crippen LogP contribution in [0, 0.1) is 17.6 Å². The summed E-state index contributed by atoms with van der Waals surface area (Å²) in [6.45, 7) is 0.431. The van der Waals surface area contributed by atoms with Crippen LogP contribution >= 0.6 is 11.9 Å². The summed E-state index contributed by atoms with van der Waals surface area (Å²) >= 11 is 1.50. The van der Waals surface area contributed by atoms with Crippen molar-refractivity contribution in [1.29, 1.82) is 0 Å². The van der Waals surface area contributed by atoms with Crippen LogP contribution in [0.4, 0.5) is 14.5 Å². The van der Waals surface area contributed by atoms with Gasteiger partial charge in [0, 0.05) is 34.9 Å². The monoisotopic (exact) mass is 541 g/mol. The van der Waals surface area contributed by atoms with Gasteiger partial charge >= 0.3 is 0 Å². The van der Waals surface area contributed by atoms with Crippen LogP contribution in [0.5, 0.6) is 0 Å². The second-order valence-electron chi connectivity index (χ2n) is 10.3. The van der Waals surface area contributed by atoms with Crippen LogP contribution < -0.4 is 9.62 Å². The summed E-state index contributed by atoms with van der Waals surface area (Å²) in [6.07, 6.45) is 7.35. The lowest BCUT2D eigenvalue weighted by Crippen LogP contribution is -2.32. The molecule has 39 heavy (non-hydrogen) atoms. The number of hydrogen-bond acceptors (Lipinski definition) is 4. The molecule has 0 bridgehead atoms. The van der Waals surface area contributed by atoms with Crippen molar-refractivity contribution in [1.82, 2.24) is 9.71 Å². The fourth-order valence-electron chi connectivity index (χ4n) is 5.44. The Kier molecular flexibility index (Phi) is 7.44. The first-order chi connectivity index (χ1) is 19.0. The summed E-state index contributed by atoms with van der Waals surface area (Å²) in [4.78, 5) is 21.0. The highest BCUT2D eigenvalue weighted by molar-refractivity contribution is 7.97. The minimum Gasteiger partial charge on any atom is -0.308 e. The number of benzene rings is 3. The highest BCUT2D eigenvalue weighted by atomic mass is 32.2. The van der Waals surface area contributed by atoms with E-state index >= 15 is 0 Å². The van der Waals surface area contributed by atoms with Gasteiger partial charge in [-0.1, -0.05) is 24.3 Å². The van der Waals surface area contributed by atoms with Gasteiger partial charge in [0.2, 0.25) is 5.91 Å². The molecule has 0 saturated heterocycles. The topological polar surface area (TPSA) is 45.2 Å². The Labute approximate surface area is 231 Å². The Morgan fingerprint density at radius 3 is 2.51 bits per heavy atom. The number of carbonyl (C=O) groups excluding carboxylic acids is 1. The van der Waals surface area contributed by atoms with E-state index in [1.165, 1.54) is 47.3 Å². The van der Waals surface area contributed by atoms with Crippen molar-refractivity contribution in [2.24, 2.45) is 5.92 Å². The molecule has 0 aliphatic heterocycles. The van der Waals surface area contributed by atoms with Crippen molar-refractivity contribution in [3.63, 3.8) is 0 Å². The smallest absolute Gasteiger partial charge is 0.231 e. The molecule has 198 valence electrons. The van der Waals surface area contributed by atoms with Crippen LogP contribution in [0.25, 0.3) is 0 Å². The number of amides is 1. The fraction of sp³-hybridized carbons (Fsp3) is 0.250. The van der Waals surface area contributed by atoms with Gasteiger partial charge in [0.25, 0.3) is 0 Å². The van der Waals surface area contributed by atoms with Gasteiger partial charge in [0.1, 0.15) is 11.6 Å². The molecule has 1 amide bonds. The van der Waals surface area contributed by atoms with Gasteiger partial charge in [0.05, 0.1) is 6.54 Å². The molecule has 7 heteroatoms. The van der Waals surface area contributed by atoms with E-state index in [4.69, 9.17) is 0 Å². The van der Waals surface area contributed by atoms with E-state index in [-0.39, 0.29) is 35.4 Å². The summed E-state index contributed by atoms with van der Waals surface area (Å²) in [6, 6.07) is 23.3. The Balaban J connectivity index is 1.26. The first-order valence-electron chi connectivity index (χ1n) is 13.3. The zero-order valence-electron chi connectivity index (χ0n) is 21.4. The summed E-state index contributed by atoms with van der Waals surface area (Å²) in [5.74, 6) is -0.466. The summed E-state index contributed by atoms with van der Waals surface area (Å²) in [7, 11) is 0. The molecule has 3 atom stereocenters. The number of nitrogens with one attached hydrogen (secondary N) is 1. The average Bonchev–Trinajstić information content (AvgIpc) is 3.77. The number of fused-ring (bicyclic) bond motifs is 1. The number of pyridine rings is 1. The molecule has 1 fully saturated rings. The number of rotatable bonds is 8. The van der Waals surface area contributed by atoms with Gasteiger partial charge < -0.3 is 4.90 Å². The van der Waals surface area contributed by atoms with Gasteiger partial charge in [-0.05, 0) is 120 Å². The molecule has 1 N–H and O–H groups in total. The lowest BCUT2D eigenvalue weighted by molar-refractivity contribution is -0.120. The highest BCUT2D eigenvalue weighted by Gasteiger charge is 2.46. The SMILES string of the molecule is O=C(C1CC1c1ccc(F)cc1)N(Cc1cccnc1)c1ccc2c(c1)C(NSc1ccc(F)cc1)CCC2. The van der Waals surface area contributed by atoms with Crippen LogP contribution in [-0.4, -0.2) is 10.9 Å². The molecular formula is C32H29F2N3OS. The van der Waals surface area contributed by atoms with E-state index in [1.807, 2.05) is 17.0 Å². The molecule has 4 nitrogen and oxygen atoms in total. The lowest BCUT2D eigenvalue weighted by Gasteiger charge is -2.29. The number of nitrogens with zero attached hydrogens (tertiary/aromatic N) is 2. The van der Waals surface area contributed by atoms with E-state index in [0.717, 1.165) is 47.4 Å². The van der Waals surface area contributed by atoms with Crippen molar-refractivity contribution in [2.45, 2.75) is 49.1 Å². The third kappa shape index (κ3) is 5.89. The van der Waals surface area contributed by atoms with Gasteiger partial charge in [-0.25, -0.2) is 8.78 Å². The first kappa shape index (κ1) is 25.7. The molecular weight excluding hydrogens is 512 g/mol. The minimum absolute atomic E-state index is 0.0779. The van der Waals surface area contributed by atoms with E-state index in [1.54, 1.807) is 36.7 Å². The molecule has 1 heterocycles. The zero-order chi connectivity index (χ0) is 26.8. The quantitative estimate of drug-likeness (QED) is 0.237. The summed E-state index contributed by atoms with van der Waals surface area (Å²) in [5.41, 5.74) is 5.32. The second-order valence-corrected chi connectivity index (χ2v) is 11.2. The largest absolute Gasteiger partial charge is 0.308 e. The van der Waals surface area contributed by atoms with Crippen LogP contribution in [0.2, 0.25) is 0 Å². The van der Waals surface area contributed by atoms with Crippen LogP contribution in [0.3, 0.4) is 0 Å². The number of anilines is 1. The van der Waals surface area contributed by atoms with Crippen molar-refractivity contribution in [2.75, 3.05) is 4.90 Å². The van der Waals surface area contributed by atoms with Crippen molar-refractivity contribution in [3.8, 4) is 0 Å². The summed E-state index contributed by atoms with van der Waals surface area (Å²) in [5, 5.41) is 0. The van der Waals surface area contributed by atoms with Crippen LogP contribution in [-0.2, 0) is 17.8 Å². The van der Waals surface area contributed by atoms with E-state index in [9.17, 15) is 13.6 Å². The third-order valence-electron chi connectivity index (χ3n) is 7.62. The van der Waals surface area contributed by atoms with Crippen molar-refractivity contribution < 1.29 is 13.6 Å². The van der Waals surface area contributed by atoms with Crippen LogP contribution in [0.15, 0.2) is 96.2 Å². The van der Waals surface area contributed by atoms with E-state index in [2.05, 4.69) is 27.9 Å². The molecule has 1 saturated carbocycles. The molecule has 0 spiro atoms. The van der Waals surface area contributed by atoms with Gasteiger partial charge in [-0.3, -0.25) is 14.5 Å².